The summed E-state index contributed by atoms with van der Waals surface area (Å²) in [7, 11) is 0. The van der Waals surface area contributed by atoms with Crippen molar-refractivity contribution in [1.29, 1.82) is 0 Å². The third kappa shape index (κ3) is 48.3. The molecule has 0 bridgehead atoms. The van der Waals surface area contributed by atoms with Crippen molar-refractivity contribution < 1.29 is 19.2 Å². The van der Waals surface area contributed by atoms with Gasteiger partial charge in [-0.1, -0.05) is 436 Å². The van der Waals surface area contributed by atoms with Crippen LogP contribution in [0.2, 0.25) is 0 Å². The molecule has 4 heterocycles. The quantitative estimate of drug-likeness (QED) is 0.0281. The summed E-state index contributed by atoms with van der Waals surface area (Å²) in [5.74, 6) is -1.17. The van der Waals surface area contributed by atoms with Crippen LogP contribution in [0.1, 0.15) is 450 Å². The highest BCUT2D eigenvalue weighted by molar-refractivity contribution is 6.05. The highest BCUT2D eigenvalue weighted by Crippen LogP contribution is 2.28. The summed E-state index contributed by atoms with van der Waals surface area (Å²) in [4.78, 5) is 61.4. The van der Waals surface area contributed by atoms with E-state index in [4.69, 9.17) is 0 Å². The Hall–Kier alpha value is -2.36. The van der Waals surface area contributed by atoms with Gasteiger partial charge in [0.25, 0.3) is 0 Å². The first-order chi connectivity index (χ1) is 47.9. The van der Waals surface area contributed by atoms with Crippen LogP contribution in [0.4, 0.5) is 0 Å². The zero-order valence-electron chi connectivity index (χ0n) is 64.9. The largest absolute Gasteiger partial charge is 0.284 e. The van der Waals surface area contributed by atoms with Crippen LogP contribution in [0.15, 0.2) is 24.3 Å². The number of unbranched alkanes of at least 4 members (excludes halogenated alkanes) is 64. The van der Waals surface area contributed by atoms with E-state index in [0.717, 1.165) is 51.9 Å². The average Bonchev–Trinajstić information content (AvgIpc) is 1.66. The van der Waals surface area contributed by atoms with Gasteiger partial charge in [0.1, 0.15) is 0 Å². The van der Waals surface area contributed by atoms with Gasteiger partial charge >= 0.3 is 0 Å². The Labute approximate surface area is 602 Å². The first-order valence-corrected chi connectivity index (χ1v) is 44.2. The third-order valence-corrected chi connectivity index (χ3v) is 22.7. The molecule has 97 heavy (non-hydrogen) atoms. The number of hydrogen-bond donors (Lipinski definition) is 1. The smallest absolute Gasteiger partial charge is 0.236 e. The molecule has 4 amide bonds. The molecule has 0 saturated carbocycles. The SMILES string of the molecule is CCCCCCCCCCCCCCCCCCCCCCCCCCCCCCCCCC/C=C/C1CC(=O)N(CC(NC(CN2C(=O)CC(/C=C/CCCCCCCCCCCCCCCCCCCCCCCCCCCCCCCCCC)C2=O)N2CC2)N2CC2)C1=O. The number of imide groups is 2. The van der Waals surface area contributed by atoms with Crippen LogP contribution in [0, 0.1) is 11.8 Å². The summed E-state index contributed by atoms with van der Waals surface area (Å²) < 4.78 is 0. The average molecular weight is 1360 g/mol. The van der Waals surface area contributed by atoms with Gasteiger partial charge in [-0.25, -0.2) is 0 Å². The maximum Gasteiger partial charge on any atom is 0.236 e. The van der Waals surface area contributed by atoms with Crippen LogP contribution >= 0.6 is 0 Å². The maximum absolute atomic E-state index is 13.7. The Bertz CT molecular complexity index is 1760. The van der Waals surface area contributed by atoms with E-state index in [2.05, 4.69) is 41.1 Å². The summed E-state index contributed by atoms with van der Waals surface area (Å²) >= 11 is 0. The van der Waals surface area contributed by atoms with Crippen molar-refractivity contribution in [3.05, 3.63) is 24.3 Å². The lowest BCUT2D eigenvalue weighted by Gasteiger charge is -2.32. The number of likely N-dealkylation sites (tertiary alicyclic amines) is 2. The molecule has 4 aliphatic heterocycles. The molecule has 1 N–H and O–H groups in total. The maximum atomic E-state index is 13.7. The Morgan fingerprint density at radius 3 is 0.629 bits per heavy atom. The molecule has 4 rings (SSSR count). The fourth-order valence-corrected chi connectivity index (χ4v) is 15.8. The van der Waals surface area contributed by atoms with E-state index in [1.54, 1.807) is 0 Å². The Balaban J connectivity index is 0.884. The summed E-state index contributed by atoms with van der Waals surface area (Å²) in [6.45, 7) is 8.79. The molecule has 4 atom stereocenters. The fourth-order valence-electron chi connectivity index (χ4n) is 15.8. The van der Waals surface area contributed by atoms with E-state index in [-0.39, 0.29) is 60.6 Å². The van der Waals surface area contributed by atoms with Crippen LogP contribution in [0.25, 0.3) is 0 Å². The van der Waals surface area contributed by atoms with Crippen molar-refractivity contribution in [2.45, 2.75) is 463 Å². The van der Waals surface area contributed by atoms with Crippen LogP contribution in [0.5, 0.6) is 0 Å². The van der Waals surface area contributed by atoms with E-state index in [1.165, 1.54) is 408 Å². The number of allylic oxidation sites excluding steroid dienone is 2. The van der Waals surface area contributed by atoms with Crippen LogP contribution in [-0.2, 0) is 19.2 Å². The number of amides is 4. The molecule has 9 heteroatoms. The number of rotatable bonds is 76. The molecule has 0 radical (unpaired) electrons. The number of nitrogens with zero attached hydrogens (tertiary/aromatic N) is 4. The molecule has 564 valence electrons. The second-order valence-corrected chi connectivity index (χ2v) is 31.9. The third-order valence-electron chi connectivity index (χ3n) is 22.7. The first kappa shape index (κ1) is 87.0. The van der Waals surface area contributed by atoms with Gasteiger partial charge in [-0.05, 0) is 25.7 Å². The van der Waals surface area contributed by atoms with Crippen molar-refractivity contribution >= 4 is 23.6 Å². The van der Waals surface area contributed by atoms with E-state index in [9.17, 15) is 19.2 Å². The molecule has 0 spiro atoms. The lowest BCUT2D eigenvalue weighted by Crippen LogP contribution is -2.56. The van der Waals surface area contributed by atoms with E-state index in [0.29, 0.717) is 13.1 Å². The number of carbonyl (C=O) groups excluding carboxylic acids is 4. The molecule has 0 aromatic rings. The van der Waals surface area contributed by atoms with Gasteiger partial charge in [-0.3, -0.25) is 44.1 Å². The van der Waals surface area contributed by atoms with Gasteiger partial charge < -0.3 is 0 Å². The van der Waals surface area contributed by atoms with Crippen LogP contribution in [-0.4, -0.2) is 94.8 Å². The van der Waals surface area contributed by atoms with Crippen molar-refractivity contribution in [3.63, 3.8) is 0 Å². The van der Waals surface area contributed by atoms with E-state index >= 15 is 0 Å². The number of hydrogen-bond acceptors (Lipinski definition) is 7. The molecule has 9 nitrogen and oxygen atoms in total. The molecule has 4 saturated heterocycles. The minimum absolute atomic E-state index is 0.0966. The molecule has 0 aromatic carbocycles. The lowest BCUT2D eigenvalue weighted by atomic mass is 10.0. The fraction of sp³-hybridized carbons (Fsp3) is 0.909. The molecule has 4 aliphatic rings. The molecule has 0 aliphatic carbocycles. The van der Waals surface area contributed by atoms with E-state index < -0.39 is 0 Å². The molecular formula is C88H163N5O4. The molecular weight excluding hydrogens is 1190 g/mol. The van der Waals surface area contributed by atoms with Crippen molar-refractivity contribution in [1.82, 2.24) is 24.9 Å². The number of carbonyl (C=O) groups is 4. The zero-order valence-corrected chi connectivity index (χ0v) is 64.9. The van der Waals surface area contributed by atoms with Crippen molar-refractivity contribution in [3.8, 4) is 0 Å². The van der Waals surface area contributed by atoms with Crippen molar-refractivity contribution in [2.24, 2.45) is 11.8 Å². The molecule has 4 fully saturated rings. The van der Waals surface area contributed by atoms with Gasteiger partial charge in [-0.2, -0.15) is 0 Å². The second kappa shape index (κ2) is 63.3. The standard InChI is InChI=1S/C88H163N5O4/c1-3-5-7-9-11-13-15-17-19-21-23-25-27-29-31-33-35-37-39-41-43-45-47-49-51-53-55-57-59-61-63-65-67-69-71-81-77-85(94)92(87(81)96)79-83(90-73-74-90)89-84(91-75-76-91)80-93-86(95)78-82(88(93)97)72-70-68-66-64-62-60-58-56-54-52-50-48-46-44-42-40-38-36-34-32-30-28-26-24-22-20-18-16-14-12-10-8-6-4-2/h69-72,81-84,89H,3-68,73-80H2,1-2H3/b71-69+,72-70+. The van der Waals surface area contributed by atoms with Gasteiger partial charge in [-0.15, -0.1) is 0 Å². The monoisotopic (exact) mass is 1350 g/mol. The number of nitrogens with one attached hydrogen (secondary N) is 1. The van der Waals surface area contributed by atoms with Gasteiger partial charge in [0.05, 0.1) is 37.3 Å². The molecule has 4 unspecified atom stereocenters. The summed E-state index contributed by atoms with van der Waals surface area (Å²) in [5, 5.41) is 3.71. The Morgan fingerprint density at radius 2 is 0.454 bits per heavy atom. The van der Waals surface area contributed by atoms with Crippen LogP contribution in [0.3, 0.4) is 0 Å². The van der Waals surface area contributed by atoms with Gasteiger partial charge in [0.15, 0.2) is 0 Å². The minimum atomic E-state index is -0.383. The predicted octanol–water partition coefficient (Wildman–Crippen LogP) is 25.5. The lowest BCUT2D eigenvalue weighted by molar-refractivity contribution is -0.140. The topological polar surface area (TPSA) is 92.8 Å². The predicted molar refractivity (Wildman–Crippen MR) is 418 cm³/mol. The molecule has 0 aromatic heterocycles. The highest BCUT2D eigenvalue weighted by Gasteiger charge is 2.44. The normalized spacial score (nSPS) is 17.5. The minimum Gasteiger partial charge on any atom is -0.284 e. The summed E-state index contributed by atoms with van der Waals surface area (Å²) in [6.07, 6.45) is 101. The zero-order chi connectivity index (χ0) is 68.8. The van der Waals surface area contributed by atoms with Crippen LogP contribution < -0.4 is 5.32 Å². The van der Waals surface area contributed by atoms with Gasteiger partial charge in [0, 0.05) is 39.0 Å². The van der Waals surface area contributed by atoms with Crippen molar-refractivity contribution in [2.75, 3.05) is 39.3 Å². The Kier molecular flexibility index (Phi) is 56.8. The first-order valence-electron chi connectivity index (χ1n) is 44.2. The summed E-state index contributed by atoms with van der Waals surface area (Å²) in [6, 6.07) is 0. The van der Waals surface area contributed by atoms with E-state index in [1.807, 2.05) is 12.2 Å². The summed E-state index contributed by atoms with van der Waals surface area (Å²) in [5.41, 5.74) is 0. The van der Waals surface area contributed by atoms with Gasteiger partial charge in [0.2, 0.25) is 23.6 Å². The second-order valence-electron chi connectivity index (χ2n) is 31.9. The Morgan fingerprint density at radius 1 is 0.278 bits per heavy atom. The highest BCUT2D eigenvalue weighted by atomic mass is 16.2.